The van der Waals surface area contributed by atoms with Crippen molar-refractivity contribution in [2.45, 2.75) is 44.7 Å². The van der Waals surface area contributed by atoms with Gasteiger partial charge in [0.25, 0.3) is 0 Å². The molecule has 0 spiro atoms. The lowest BCUT2D eigenvalue weighted by molar-refractivity contribution is -0.133. The first-order valence-corrected chi connectivity index (χ1v) is 11.4. The number of nitrogens with zero attached hydrogens (tertiary/aromatic N) is 5. The quantitative estimate of drug-likeness (QED) is 0.705. The number of likely N-dealkylation sites (tertiary alicyclic amines) is 1. The summed E-state index contributed by atoms with van der Waals surface area (Å²) in [6.07, 6.45) is 8.12. The third-order valence-corrected chi connectivity index (χ3v) is 6.79. The van der Waals surface area contributed by atoms with Crippen LogP contribution in [-0.4, -0.2) is 75.5 Å². The lowest BCUT2D eigenvalue weighted by Gasteiger charge is -2.39. The van der Waals surface area contributed by atoms with Gasteiger partial charge in [-0.3, -0.25) is 9.69 Å². The summed E-state index contributed by atoms with van der Waals surface area (Å²) in [5, 5.41) is 0. The molecule has 162 valence electrons. The molecule has 1 amide bonds. The van der Waals surface area contributed by atoms with Crippen molar-refractivity contribution in [3.05, 3.63) is 54.1 Å². The Kier molecular flexibility index (Phi) is 6.85. The van der Waals surface area contributed by atoms with Crippen LogP contribution in [0, 0.1) is 0 Å². The van der Waals surface area contributed by atoms with Gasteiger partial charge in [0.2, 0.25) is 5.91 Å². The molecule has 1 aromatic carbocycles. The molecule has 0 aliphatic carbocycles. The van der Waals surface area contributed by atoms with Gasteiger partial charge in [-0.2, -0.15) is 0 Å². The monoisotopic (exact) mass is 409 g/mol. The Balaban J connectivity index is 1.35. The first-order chi connectivity index (χ1) is 14.6. The highest BCUT2D eigenvalue weighted by atomic mass is 16.2. The van der Waals surface area contributed by atoms with E-state index in [1.165, 1.54) is 31.5 Å². The molecule has 6 nitrogen and oxygen atoms in total. The van der Waals surface area contributed by atoms with Gasteiger partial charge in [0.1, 0.15) is 5.82 Å². The van der Waals surface area contributed by atoms with Crippen LogP contribution in [0.1, 0.15) is 50.0 Å². The maximum atomic E-state index is 12.8. The molecule has 0 N–H and O–H groups in total. The topological polar surface area (TPSA) is 44.6 Å². The number of imidazole rings is 1. The second-order valence-corrected chi connectivity index (χ2v) is 8.76. The smallest absolute Gasteiger partial charge is 0.222 e. The van der Waals surface area contributed by atoms with Crippen LogP contribution in [-0.2, 0) is 11.8 Å². The first kappa shape index (κ1) is 21.1. The third kappa shape index (κ3) is 4.76. The van der Waals surface area contributed by atoms with E-state index in [0.717, 1.165) is 38.4 Å². The number of carbonyl (C=O) groups excluding carboxylic acids is 1. The van der Waals surface area contributed by atoms with E-state index in [0.29, 0.717) is 18.4 Å². The van der Waals surface area contributed by atoms with E-state index in [9.17, 15) is 4.79 Å². The molecule has 1 aromatic heterocycles. The number of rotatable bonds is 7. The number of aromatic nitrogens is 2. The highest BCUT2D eigenvalue weighted by Crippen LogP contribution is 2.28. The molecule has 2 aliphatic rings. The maximum Gasteiger partial charge on any atom is 0.222 e. The fraction of sp³-hybridized carbons (Fsp3) is 0.583. The molecule has 6 heteroatoms. The SMILES string of the molecule is C[C@@H](CCC(=O)N1CCN([C@@H](c2ccccc2)c2nccn2C)CC1)N1CCCC1. The normalized spacial score (nSPS) is 20.4. The molecule has 4 rings (SSSR count). The van der Waals surface area contributed by atoms with Gasteiger partial charge in [0.15, 0.2) is 0 Å². The fourth-order valence-corrected chi connectivity index (χ4v) is 4.88. The molecule has 3 heterocycles. The molecule has 0 bridgehead atoms. The second-order valence-electron chi connectivity index (χ2n) is 8.76. The van der Waals surface area contributed by atoms with E-state index in [-0.39, 0.29) is 6.04 Å². The standard InChI is InChI=1S/C24H35N5O/c1-20(27-13-6-7-14-27)10-11-22(30)28-16-18-29(19-17-28)23(21-8-4-3-5-9-21)24-25-12-15-26(24)2/h3-5,8-9,12,15,20,23H,6-7,10-11,13-14,16-19H2,1-2H3/t20-,23-/m0/s1. The maximum absolute atomic E-state index is 12.8. The fourth-order valence-electron chi connectivity index (χ4n) is 4.88. The van der Waals surface area contributed by atoms with Gasteiger partial charge in [0, 0.05) is 58.1 Å². The Morgan fingerprint density at radius 3 is 2.33 bits per heavy atom. The average Bonchev–Trinajstić information content (AvgIpc) is 3.46. The Labute approximate surface area is 180 Å². The molecular weight excluding hydrogens is 374 g/mol. The number of amides is 1. The van der Waals surface area contributed by atoms with E-state index >= 15 is 0 Å². The van der Waals surface area contributed by atoms with Crippen molar-refractivity contribution in [2.75, 3.05) is 39.3 Å². The van der Waals surface area contributed by atoms with Gasteiger partial charge < -0.3 is 14.4 Å². The van der Waals surface area contributed by atoms with Crippen molar-refractivity contribution in [3.8, 4) is 0 Å². The summed E-state index contributed by atoms with van der Waals surface area (Å²) in [7, 11) is 2.06. The molecule has 0 saturated carbocycles. The average molecular weight is 410 g/mol. The van der Waals surface area contributed by atoms with Crippen LogP contribution >= 0.6 is 0 Å². The Bertz CT molecular complexity index is 806. The number of benzene rings is 1. The summed E-state index contributed by atoms with van der Waals surface area (Å²) in [5.41, 5.74) is 1.26. The summed E-state index contributed by atoms with van der Waals surface area (Å²) in [6.45, 7) is 8.01. The minimum Gasteiger partial charge on any atom is -0.340 e. The van der Waals surface area contributed by atoms with Crippen molar-refractivity contribution in [1.29, 1.82) is 0 Å². The summed E-state index contributed by atoms with van der Waals surface area (Å²) in [5.74, 6) is 1.37. The van der Waals surface area contributed by atoms with Crippen LogP contribution in [0.4, 0.5) is 0 Å². The molecule has 2 fully saturated rings. The highest BCUT2D eigenvalue weighted by molar-refractivity contribution is 5.76. The van der Waals surface area contributed by atoms with Gasteiger partial charge in [-0.05, 0) is 44.8 Å². The zero-order valence-electron chi connectivity index (χ0n) is 18.4. The first-order valence-electron chi connectivity index (χ1n) is 11.4. The van der Waals surface area contributed by atoms with Crippen molar-refractivity contribution in [2.24, 2.45) is 7.05 Å². The number of aryl methyl sites for hydroxylation is 1. The molecule has 2 saturated heterocycles. The van der Waals surface area contributed by atoms with E-state index in [1.807, 2.05) is 12.4 Å². The van der Waals surface area contributed by atoms with E-state index in [4.69, 9.17) is 0 Å². The molecule has 2 aromatic rings. The van der Waals surface area contributed by atoms with Crippen molar-refractivity contribution in [3.63, 3.8) is 0 Å². The van der Waals surface area contributed by atoms with Gasteiger partial charge >= 0.3 is 0 Å². The van der Waals surface area contributed by atoms with E-state index in [1.54, 1.807) is 0 Å². The van der Waals surface area contributed by atoms with Crippen LogP contribution in [0.15, 0.2) is 42.7 Å². The zero-order chi connectivity index (χ0) is 20.9. The lowest BCUT2D eigenvalue weighted by Crippen LogP contribution is -2.50. The van der Waals surface area contributed by atoms with Crippen LogP contribution in [0.3, 0.4) is 0 Å². The molecule has 30 heavy (non-hydrogen) atoms. The van der Waals surface area contributed by atoms with Gasteiger partial charge in [-0.1, -0.05) is 30.3 Å². The highest BCUT2D eigenvalue weighted by Gasteiger charge is 2.30. The van der Waals surface area contributed by atoms with Crippen LogP contribution in [0.5, 0.6) is 0 Å². The van der Waals surface area contributed by atoms with Crippen LogP contribution < -0.4 is 0 Å². The Morgan fingerprint density at radius 1 is 1.00 bits per heavy atom. The molecular formula is C24H35N5O. The van der Waals surface area contributed by atoms with Crippen LogP contribution in [0.2, 0.25) is 0 Å². The lowest BCUT2D eigenvalue weighted by atomic mass is 10.0. The predicted molar refractivity (Wildman–Crippen MR) is 119 cm³/mol. The molecule has 2 atom stereocenters. The number of hydrogen-bond donors (Lipinski definition) is 0. The zero-order valence-corrected chi connectivity index (χ0v) is 18.4. The summed E-state index contributed by atoms with van der Waals surface area (Å²) >= 11 is 0. The van der Waals surface area contributed by atoms with E-state index < -0.39 is 0 Å². The van der Waals surface area contributed by atoms with Gasteiger partial charge in [-0.25, -0.2) is 4.98 Å². The van der Waals surface area contributed by atoms with Crippen LogP contribution in [0.25, 0.3) is 0 Å². The summed E-state index contributed by atoms with van der Waals surface area (Å²) < 4.78 is 2.11. The van der Waals surface area contributed by atoms with Gasteiger partial charge in [-0.15, -0.1) is 0 Å². The molecule has 0 unspecified atom stereocenters. The number of hydrogen-bond acceptors (Lipinski definition) is 4. The van der Waals surface area contributed by atoms with Crippen molar-refractivity contribution < 1.29 is 4.79 Å². The molecule has 2 aliphatic heterocycles. The van der Waals surface area contributed by atoms with Crippen molar-refractivity contribution >= 4 is 5.91 Å². The Hall–Kier alpha value is -2.18. The van der Waals surface area contributed by atoms with E-state index in [2.05, 4.69) is 68.6 Å². The predicted octanol–water partition coefficient (Wildman–Crippen LogP) is 2.92. The number of carbonyl (C=O) groups is 1. The van der Waals surface area contributed by atoms with Gasteiger partial charge in [0.05, 0.1) is 6.04 Å². The Morgan fingerprint density at radius 2 is 1.70 bits per heavy atom. The molecule has 0 radical (unpaired) electrons. The second kappa shape index (κ2) is 9.75. The van der Waals surface area contributed by atoms with Crippen molar-refractivity contribution in [1.82, 2.24) is 24.3 Å². The summed E-state index contributed by atoms with van der Waals surface area (Å²) in [6, 6.07) is 11.2. The summed E-state index contributed by atoms with van der Waals surface area (Å²) in [4.78, 5) is 24.5. The third-order valence-electron chi connectivity index (χ3n) is 6.79. The largest absolute Gasteiger partial charge is 0.340 e. The minimum atomic E-state index is 0.124. The minimum absolute atomic E-state index is 0.124. The number of piperazine rings is 1.